The molecule has 2 unspecified atom stereocenters. The molecule has 112 valence electrons. The average molecular weight is 285 g/mol. The van der Waals surface area contributed by atoms with Crippen LogP contribution in [-0.2, 0) is 11.6 Å². The van der Waals surface area contributed by atoms with E-state index in [2.05, 4.69) is 26.1 Å². The third-order valence-corrected chi connectivity index (χ3v) is 4.56. The van der Waals surface area contributed by atoms with Crippen LogP contribution in [0.4, 0.5) is 13.2 Å². The van der Waals surface area contributed by atoms with Crippen LogP contribution < -0.4 is 5.32 Å². The van der Waals surface area contributed by atoms with Gasteiger partial charge in [-0.25, -0.2) is 0 Å². The first-order valence-electron chi connectivity index (χ1n) is 7.17. The zero-order valence-corrected chi connectivity index (χ0v) is 12.2. The molecule has 0 bridgehead atoms. The fourth-order valence-corrected chi connectivity index (χ4v) is 2.97. The van der Waals surface area contributed by atoms with Crippen LogP contribution in [-0.4, -0.2) is 12.6 Å². The Morgan fingerprint density at radius 2 is 2.05 bits per heavy atom. The fourth-order valence-electron chi connectivity index (χ4n) is 2.97. The van der Waals surface area contributed by atoms with Gasteiger partial charge in [0.05, 0.1) is 5.56 Å². The van der Waals surface area contributed by atoms with E-state index in [1.165, 1.54) is 12.1 Å². The minimum atomic E-state index is -4.27. The van der Waals surface area contributed by atoms with E-state index in [9.17, 15) is 13.2 Å². The summed E-state index contributed by atoms with van der Waals surface area (Å²) in [5.41, 5.74) is 0.128. The normalized spacial score (nSPS) is 26.6. The summed E-state index contributed by atoms with van der Waals surface area (Å²) >= 11 is 0. The summed E-state index contributed by atoms with van der Waals surface area (Å²) in [6, 6.07) is 6.19. The molecular weight excluding hydrogens is 263 g/mol. The molecule has 1 saturated carbocycles. The Balaban J connectivity index is 2.31. The molecule has 1 N–H and O–H groups in total. The van der Waals surface area contributed by atoms with E-state index in [1.54, 1.807) is 0 Å². The molecule has 2 rings (SSSR count). The van der Waals surface area contributed by atoms with Gasteiger partial charge in [-0.15, -0.1) is 0 Å². The summed E-state index contributed by atoms with van der Waals surface area (Å²) in [7, 11) is 0. The molecule has 1 aliphatic carbocycles. The number of hydrogen-bond donors (Lipinski definition) is 1. The van der Waals surface area contributed by atoms with Crippen LogP contribution in [0.3, 0.4) is 0 Å². The summed E-state index contributed by atoms with van der Waals surface area (Å²) in [5, 5.41) is 3.39. The van der Waals surface area contributed by atoms with Crippen LogP contribution in [0.1, 0.15) is 44.7 Å². The lowest BCUT2D eigenvalue weighted by molar-refractivity contribution is -0.137. The zero-order chi connectivity index (χ0) is 15.0. The maximum absolute atomic E-state index is 12.9. The predicted molar refractivity (Wildman–Crippen MR) is 74.7 cm³/mol. The molecule has 0 radical (unpaired) electrons. The maximum Gasteiger partial charge on any atom is 0.416 e. The van der Waals surface area contributed by atoms with Gasteiger partial charge in [-0.3, -0.25) is 0 Å². The number of halogens is 3. The fraction of sp³-hybridized carbons (Fsp3) is 0.625. The Labute approximate surface area is 118 Å². The van der Waals surface area contributed by atoms with Crippen molar-refractivity contribution in [2.75, 3.05) is 6.54 Å². The van der Waals surface area contributed by atoms with Gasteiger partial charge in [0, 0.05) is 18.0 Å². The standard InChI is InChI=1S/C16H22F3N/c1-11(2)20-10-15(8-7-12(15)3)13-5-4-6-14(9-13)16(17,18)19/h4-6,9,11-12,20H,7-8,10H2,1-3H3. The van der Waals surface area contributed by atoms with Crippen molar-refractivity contribution in [1.29, 1.82) is 0 Å². The molecule has 1 nitrogen and oxygen atoms in total. The number of benzene rings is 1. The third kappa shape index (κ3) is 2.85. The minimum Gasteiger partial charge on any atom is -0.314 e. The Kier molecular flexibility index (Phi) is 4.14. The zero-order valence-electron chi connectivity index (χ0n) is 12.2. The van der Waals surface area contributed by atoms with Crippen LogP contribution in [0.2, 0.25) is 0 Å². The van der Waals surface area contributed by atoms with Crippen LogP contribution in [0.5, 0.6) is 0 Å². The molecule has 20 heavy (non-hydrogen) atoms. The van der Waals surface area contributed by atoms with E-state index < -0.39 is 11.7 Å². The van der Waals surface area contributed by atoms with E-state index >= 15 is 0 Å². The number of rotatable bonds is 4. The van der Waals surface area contributed by atoms with Crippen LogP contribution in [0.15, 0.2) is 24.3 Å². The quantitative estimate of drug-likeness (QED) is 0.866. The molecule has 1 aromatic rings. The van der Waals surface area contributed by atoms with Crippen molar-refractivity contribution in [2.24, 2.45) is 5.92 Å². The molecule has 2 atom stereocenters. The van der Waals surface area contributed by atoms with Gasteiger partial charge in [-0.2, -0.15) is 13.2 Å². The molecule has 0 spiro atoms. The van der Waals surface area contributed by atoms with Gasteiger partial charge in [0.1, 0.15) is 0 Å². The minimum absolute atomic E-state index is 0.147. The van der Waals surface area contributed by atoms with Crippen molar-refractivity contribution in [3.05, 3.63) is 35.4 Å². The van der Waals surface area contributed by atoms with Gasteiger partial charge in [-0.1, -0.05) is 39.0 Å². The van der Waals surface area contributed by atoms with Gasteiger partial charge in [0.25, 0.3) is 0 Å². The molecule has 0 heterocycles. The molecule has 0 amide bonds. The summed E-state index contributed by atoms with van der Waals surface area (Å²) in [5.74, 6) is 0.414. The molecule has 1 fully saturated rings. The second kappa shape index (κ2) is 5.40. The third-order valence-electron chi connectivity index (χ3n) is 4.56. The van der Waals surface area contributed by atoms with Crippen molar-refractivity contribution >= 4 is 0 Å². The largest absolute Gasteiger partial charge is 0.416 e. The highest BCUT2D eigenvalue weighted by Crippen LogP contribution is 2.49. The summed E-state index contributed by atoms with van der Waals surface area (Å²) < 4.78 is 38.6. The van der Waals surface area contributed by atoms with Gasteiger partial charge < -0.3 is 5.32 Å². The van der Waals surface area contributed by atoms with Gasteiger partial charge in [0.2, 0.25) is 0 Å². The van der Waals surface area contributed by atoms with E-state index in [1.807, 2.05) is 6.07 Å². The van der Waals surface area contributed by atoms with Gasteiger partial charge in [-0.05, 0) is 30.4 Å². The van der Waals surface area contributed by atoms with Gasteiger partial charge >= 0.3 is 6.18 Å². The highest BCUT2D eigenvalue weighted by molar-refractivity contribution is 5.35. The first-order valence-corrected chi connectivity index (χ1v) is 7.17. The Hall–Kier alpha value is -1.03. The summed E-state index contributed by atoms with van der Waals surface area (Å²) in [6.07, 6.45) is -2.24. The van der Waals surface area contributed by atoms with Crippen molar-refractivity contribution in [2.45, 2.75) is 51.2 Å². The van der Waals surface area contributed by atoms with Crippen molar-refractivity contribution < 1.29 is 13.2 Å². The summed E-state index contributed by atoms with van der Waals surface area (Å²) in [6.45, 7) is 6.99. The number of alkyl halides is 3. The molecule has 0 aromatic heterocycles. The molecule has 4 heteroatoms. The lowest BCUT2D eigenvalue weighted by Crippen LogP contribution is -2.51. The molecular formula is C16H22F3N. The lowest BCUT2D eigenvalue weighted by Gasteiger charge is -2.49. The van der Waals surface area contributed by atoms with E-state index in [0.29, 0.717) is 12.0 Å². The van der Waals surface area contributed by atoms with E-state index in [0.717, 1.165) is 31.0 Å². The Morgan fingerprint density at radius 3 is 2.50 bits per heavy atom. The van der Waals surface area contributed by atoms with Crippen molar-refractivity contribution in [3.8, 4) is 0 Å². The molecule has 0 saturated heterocycles. The average Bonchev–Trinajstić information content (AvgIpc) is 2.36. The van der Waals surface area contributed by atoms with Gasteiger partial charge in [0.15, 0.2) is 0 Å². The van der Waals surface area contributed by atoms with Crippen LogP contribution in [0.25, 0.3) is 0 Å². The van der Waals surface area contributed by atoms with E-state index in [-0.39, 0.29) is 5.41 Å². The first-order chi connectivity index (χ1) is 9.25. The molecule has 0 aliphatic heterocycles. The monoisotopic (exact) mass is 285 g/mol. The van der Waals surface area contributed by atoms with Crippen LogP contribution >= 0.6 is 0 Å². The lowest BCUT2D eigenvalue weighted by atomic mass is 9.57. The maximum atomic E-state index is 12.9. The molecule has 1 aromatic carbocycles. The first kappa shape index (κ1) is 15.4. The Bertz CT molecular complexity index is 467. The second-order valence-electron chi connectivity index (χ2n) is 6.21. The number of hydrogen-bond acceptors (Lipinski definition) is 1. The van der Waals surface area contributed by atoms with Crippen molar-refractivity contribution in [1.82, 2.24) is 5.32 Å². The topological polar surface area (TPSA) is 12.0 Å². The smallest absolute Gasteiger partial charge is 0.314 e. The highest BCUT2D eigenvalue weighted by atomic mass is 19.4. The SMILES string of the molecule is CC(C)NCC1(c2cccc(C(F)(F)F)c2)CCC1C. The highest BCUT2D eigenvalue weighted by Gasteiger charge is 2.45. The summed E-state index contributed by atoms with van der Waals surface area (Å²) in [4.78, 5) is 0. The van der Waals surface area contributed by atoms with Crippen LogP contribution in [0, 0.1) is 5.92 Å². The van der Waals surface area contributed by atoms with E-state index in [4.69, 9.17) is 0 Å². The molecule has 1 aliphatic rings. The van der Waals surface area contributed by atoms with Crippen molar-refractivity contribution in [3.63, 3.8) is 0 Å². The second-order valence-corrected chi connectivity index (χ2v) is 6.21. The predicted octanol–water partition coefficient (Wildman–Crippen LogP) is 4.37. The Morgan fingerprint density at radius 1 is 1.35 bits per heavy atom. The number of nitrogens with one attached hydrogen (secondary N) is 1.